The second-order valence-electron chi connectivity index (χ2n) is 12.1. The Morgan fingerprint density at radius 1 is 0.872 bits per heavy atom. The molecule has 0 bridgehead atoms. The van der Waals surface area contributed by atoms with E-state index in [9.17, 15) is 0 Å². The van der Waals surface area contributed by atoms with Crippen molar-refractivity contribution in [2.24, 2.45) is 0 Å². The number of fused-ring (bicyclic) bond motifs is 1. The van der Waals surface area contributed by atoms with Gasteiger partial charge in [-0.1, -0.05) is 42.5 Å². The van der Waals surface area contributed by atoms with Crippen LogP contribution in [0.5, 0.6) is 0 Å². The number of piperazine rings is 1. The van der Waals surface area contributed by atoms with Gasteiger partial charge in [0.1, 0.15) is 17.8 Å². The van der Waals surface area contributed by atoms with E-state index in [2.05, 4.69) is 97.9 Å². The Morgan fingerprint density at radius 2 is 1.45 bits per heavy atom. The Morgan fingerprint density at radius 3 is 2.02 bits per heavy atom. The predicted octanol–water partition coefficient (Wildman–Crippen LogP) is 5.01. The maximum atomic E-state index is 9.00. The van der Waals surface area contributed by atoms with Crippen molar-refractivity contribution in [2.45, 2.75) is 65.1 Å². The van der Waals surface area contributed by atoms with E-state index in [-0.39, 0.29) is 0 Å². The molecule has 2 fully saturated rings. The summed E-state index contributed by atoms with van der Waals surface area (Å²) < 4.78 is 2.14. The lowest BCUT2D eigenvalue weighted by atomic mass is 9.90. The van der Waals surface area contributed by atoms with Crippen molar-refractivity contribution in [2.75, 3.05) is 50.4 Å². The SMILES string of the molecule is CC(=O)O.CC(=O)O.CCN(Cc1ccccc1)c1ccc(-c2nn(C3CCC(N4CCN(C)CC4)CC3)c3ncnc(N)c23)cc1. The minimum absolute atomic E-state index is 0.333. The molecule has 1 aliphatic heterocycles. The number of aliphatic carboxylic acids is 2. The smallest absolute Gasteiger partial charge is 0.300 e. The van der Waals surface area contributed by atoms with E-state index in [1.54, 1.807) is 6.33 Å². The van der Waals surface area contributed by atoms with Crippen molar-refractivity contribution in [3.8, 4) is 11.3 Å². The second-order valence-corrected chi connectivity index (χ2v) is 12.1. The van der Waals surface area contributed by atoms with Crippen LogP contribution in [0.4, 0.5) is 11.5 Å². The normalized spacial score (nSPS) is 18.4. The Bertz CT molecular complexity index is 1560. The van der Waals surface area contributed by atoms with E-state index in [4.69, 9.17) is 30.6 Å². The number of carbonyl (C=O) groups is 2. The lowest BCUT2D eigenvalue weighted by molar-refractivity contribution is -0.135. The molecule has 0 radical (unpaired) electrons. The number of benzene rings is 2. The van der Waals surface area contributed by atoms with Crippen LogP contribution in [0, 0.1) is 0 Å². The quantitative estimate of drug-likeness (QED) is 0.249. The van der Waals surface area contributed by atoms with Crippen LogP contribution in [0.3, 0.4) is 0 Å². The summed E-state index contributed by atoms with van der Waals surface area (Å²) in [5.41, 5.74) is 11.7. The third-order valence-corrected chi connectivity index (χ3v) is 8.69. The zero-order chi connectivity index (χ0) is 33.9. The molecule has 1 aliphatic carbocycles. The van der Waals surface area contributed by atoms with Gasteiger partial charge in [-0.2, -0.15) is 5.10 Å². The van der Waals surface area contributed by atoms with Crippen molar-refractivity contribution in [1.29, 1.82) is 0 Å². The van der Waals surface area contributed by atoms with Crippen molar-refractivity contribution in [1.82, 2.24) is 29.5 Å². The highest BCUT2D eigenvalue weighted by Gasteiger charge is 2.30. The molecule has 6 rings (SSSR count). The fraction of sp³-hybridized carbons (Fsp3) is 0.457. The van der Waals surface area contributed by atoms with Crippen LogP contribution in [-0.4, -0.2) is 97.5 Å². The van der Waals surface area contributed by atoms with E-state index in [0.29, 0.717) is 17.9 Å². The van der Waals surface area contributed by atoms with Gasteiger partial charge in [0.15, 0.2) is 5.65 Å². The zero-order valence-corrected chi connectivity index (χ0v) is 27.9. The lowest BCUT2D eigenvalue weighted by Crippen LogP contribution is -2.49. The number of anilines is 2. The highest BCUT2D eigenvalue weighted by Crippen LogP contribution is 2.37. The standard InChI is InChI=1S/C31H40N8.2C2H4O2/c1-3-37(21-23-7-5-4-6-8-23)25-11-9-24(10-12-25)29-28-30(32)33-22-34-31(28)39(35-29)27-15-13-26(14-16-27)38-19-17-36(2)18-20-38;2*1-2(3)4/h4-12,22,26-27H,3,13-21H2,1-2H3,(H2,32,33,34);2*1H3,(H,3,4). The van der Waals surface area contributed by atoms with Crippen molar-refractivity contribution < 1.29 is 19.8 Å². The summed E-state index contributed by atoms with van der Waals surface area (Å²) in [5.74, 6) is -1.17. The number of carboxylic acids is 2. The van der Waals surface area contributed by atoms with Crippen LogP contribution in [0.25, 0.3) is 22.3 Å². The number of hydrogen-bond donors (Lipinski definition) is 3. The average molecular weight is 645 g/mol. The minimum atomic E-state index is -0.833. The summed E-state index contributed by atoms with van der Waals surface area (Å²) in [6, 6.07) is 20.3. The van der Waals surface area contributed by atoms with E-state index in [1.807, 2.05) is 0 Å². The van der Waals surface area contributed by atoms with Gasteiger partial charge in [0.25, 0.3) is 11.9 Å². The van der Waals surface area contributed by atoms with Crippen LogP contribution in [0.15, 0.2) is 60.9 Å². The number of nitrogens with two attached hydrogens (primary N) is 1. The number of rotatable bonds is 7. The first-order valence-corrected chi connectivity index (χ1v) is 16.3. The number of nitrogens with zero attached hydrogens (tertiary/aromatic N) is 7. The van der Waals surface area contributed by atoms with Gasteiger partial charge in [0, 0.05) is 70.4 Å². The van der Waals surface area contributed by atoms with Gasteiger partial charge in [-0.05, 0) is 57.4 Å². The average Bonchev–Trinajstić information content (AvgIpc) is 3.45. The molecular formula is C35H48N8O4. The maximum absolute atomic E-state index is 9.00. The topological polar surface area (TPSA) is 154 Å². The first-order chi connectivity index (χ1) is 22.6. The molecule has 2 aliphatic rings. The summed E-state index contributed by atoms with van der Waals surface area (Å²) in [4.78, 5) is 34.5. The molecule has 0 atom stereocenters. The van der Waals surface area contributed by atoms with E-state index in [0.717, 1.165) is 62.1 Å². The zero-order valence-electron chi connectivity index (χ0n) is 27.9. The molecule has 4 N–H and O–H groups in total. The molecule has 4 aromatic rings. The number of aromatic nitrogens is 4. The van der Waals surface area contributed by atoms with Gasteiger partial charge in [-0.25, -0.2) is 14.6 Å². The third-order valence-electron chi connectivity index (χ3n) is 8.69. The Balaban J connectivity index is 0.000000564. The Hall–Kier alpha value is -4.55. The minimum Gasteiger partial charge on any atom is -0.481 e. The molecular weight excluding hydrogens is 596 g/mol. The molecule has 1 saturated heterocycles. The van der Waals surface area contributed by atoms with Crippen LogP contribution in [0.2, 0.25) is 0 Å². The first-order valence-electron chi connectivity index (χ1n) is 16.3. The fourth-order valence-electron chi connectivity index (χ4n) is 6.33. The lowest BCUT2D eigenvalue weighted by Gasteiger charge is -2.41. The Kier molecular flexibility index (Phi) is 12.7. The summed E-state index contributed by atoms with van der Waals surface area (Å²) in [6.07, 6.45) is 6.20. The maximum Gasteiger partial charge on any atom is 0.300 e. The van der Waals surface area contributed by atoms with Crippen LogP contribution < -0.4 is 10.6 Å². The van der Waals surface area contributed by atoms with Gasteiger partial charge >= 0.3 is 0 Å². The van der Waals surface area contributed by atoms with Crippen molar-refractivity contribution >= 4 is 34.5 Å². The molecule has 1 saturated carbocycles. The van der Waals surface area contributed by atoms with Gasteiger partial charge in [0.05, 0.1) is 11.4 Å². The third kappa shape index (κ3) is 9.72. The van der Waals surface area contributed by atoms with Gasteiger partial charge in [-0.15, -0.1) is 0 Å². The van der Waals surface area contributed by atoms with Gasteiger partial charge in [-0.3, -0.25) is 14.5 Å². The van der Waals surface area contributed by atoms with E-state index >= 15 is 0 Å². The van der Waals surface area contributed by atoms with Crippen LogP contribution >= 0.6 is 0 Å². The van der Waals surface area contributed by atoms with Crippen molar-refractivity contribution in [3.63, 3.8) is 0 Å². The number of nitrogen functional groups attached to an aromatic ring is 1. The predicted molar refractivity (Wildman–Crippen MR) is 185 cm³/mol. The van der Waals surface area contributed by atoms with Crippen molar-refractivity contribution in [3.05, 3.63) is 66.5 Å². The van der Waals surface area contributed by atoms with E-state index < -0.39 is 11.9 Å². The molecule has 12 heteroatoms. The van der Waals surface area contributed by atoms with E-state index in [1.165, 1.54) is 50.3 Å². The molecule has 0 unspecified atom stereocenters. The summed E-state index contributed by atoms with van der Waals surface area (Å²) in [7, 11) is 2.22. The molecule has 12 nitrogen and oxygen atoms in total. The van der Waals surface area contributed by atoms with Gasteiger partial charge in [0.2, 0.25) is 0 Å². The number of hydrogen-bond acceptors (Lipinski definition) is 9. The van der Waals surface area contributed by atoms with Crippen LogP contribution in [-0.2, 0) is 16.1 Å². The molecule has 0 amide bonds. The Labute approximate surface area is 276 Å². The highest BCUT2D eigenvalue weighted by molar-refractivity contribution is 5.98. The summed E-state index contributed by atoms with van der Waals surface area (Å²) in [5, 5.41) is 20.9. The molecule has 0 spiro atoms. The first kappa shape index (κ1) is 35.3. The second kappa shape index (κ2) is 16.8. The summed E-state index contributed by atoms with van der Waals surface area (Å²) in [6.45, 7) is 10.9. The van der Waals surface area contributed by atoms with Gasteiger partial charge < -0.3 is 25.7 Å². The molecule has 2 aromatic heterocycles. The number of likely N-dealkylation sites (N-methyl/N-ethyl adjacent to an activating group) is 1. The fourth-order valence-corrected chi connectivity index (χ4v) is 6.33. The molecule has 252 valence electrons. The highest BCUT2D eigenvalue weighted by atomic mass is 16.4. The number of carboxylic acid groups (broad SMARTS) is 2. The summed E-state index contributed by atoms with van der Waals surface area (Å²) >= 11 is 0. The van der Waals surface area contributed by atoms with Crippen LogP contribution in [0.1, 0.15) is 58.1 Å². The monoisotopic (exact) mass is 644 g/mol. The molecule has 3 heterocycles. The molecule has 47 heavy (non-hydrogen) atoms. The largest absolute Gasteiger partial charge is 0.481 e. The molecule has 2 aromatic carbocycles.